The van der Waals surface area contributed by atoms with E-state index < -0.39 is 28.6 Å². The molecule has 0 aromatic heterocycles. The molecule has 688 valence electrons. The van der Waals surface area contributed by atoms with E-state index in [0.29, 0.717) is 117 Å². The Morgan fingerprint density at radius 2 is 0.558 bits per heavy atom. The van der Waals surface area contributed by atoms with E-state index in [0.717, 1.165) is 154 Å². The van der Waals surface area contributed by atoms with E-state index in [9.17, 15) is 37.7 Å². The molecule has 10 heteroatoms. The van der Waals surface area contributed by atoms with Gasteiger partial charge in [0.1, 0.15) is 5.78 Å². The summed E-state index contributed by atoms with van der Waals surface area (Å²) in [7, 11) is 0. The number of Topliss-reactive ketones (excluding diaryl/α,β-unsaturated/α-hetero) is 1. The van der Waals surface area contributed by atoms with Gasteiger partial charge in [0.2, 0.25) is 11.8 Å². The maximum Gasteiger partial charge on any atom is 0.248 e. The van der Waals surface area contributed by atoms with Crippen molar-refractivity contribution >= 4 is 5.78 Å². The van der Waals surface area contributed by atoms with Crippen LogP contribution in [0.5, 0.6) is 0 Å². The maximum absolute atomic E-state index is 14.0. The molecule has 3 N–H and O–H groups in total. The summed E-state index contributed by atoms with van der Waals surface area (Å²) in [6.45, 7) is 46.8. The van der Waals surface area contributed by atoms with Crippen molar-refractivity contribution in [2.45, 2.75) is 493 Å². The third-order valence-electron chi connectivity index (χ3n) is 47.1. The van der Waals surface area contributed by atoms with Crippen molar-refractivity contribution in [2.24, 2.45) is 190 Å². The van der Waals surface area contributed by atoms with Gasteiger partial charge in [0, 0.05) is 38.5 Å². The quantitative estimate of drug-likeness (QED) is 0.220. The number of alkyl halides is 4. The lowest BCUT2D eigenvalue weighted by Gasteiger charge is -2.62. The highest BCUT2D eigenvalue weighted by Gasteiger charge is 2.71. The smallest absolute Gasteiger partial charge is 0.248 e. The van der Waals surface area contributed by atoms with Crippen LogP contribution in [0.4, 0.5) is 17.6 Å². The lowest BCUT2D eigenvalue weighted by atomic mass is 9.44. The molecule has 0 aromatic carbocycles. The van der Waals surface area contributed by atoms with Gasteiger partial charge in [-0.3, -0.25) is 4.79 Å². The summed E-state index contributed by atoms with van der Waals surface area (Å²) < 4.78 is 68.7. The van der Waals surface area contributed by atoms with Crippen LogP contribution in [-0.4, -0.2) is 74.2 Å². The molecule has 0 aliphatic heterocycles. The number of hydrogen-bond donors (Lipinski definition) is 3. The van der Waals surface area contributed by atoms with Crippen LogP contribution < -0.4 is 0 Å². The van der Waals surface area contributed by atoms with Crippen molar-refractivity contribution in [1.29, 1.82) is 0 Å². The van der Waals surface area contributed by atoms with Crippen molar-refractivity contribution in [3.63, 3.8) is 0 Å². The fourth-order valence-corrected chi connectivity index (χ4v) is 40.0. The molecule has 0 radical (unpaired) electrons. The van der Waals surface area contributed by atoms with Gasteiger partial charge in [-0.2, -0.15) is 0 Å². The van der Waals surface area contributed by atoms with Crippen molar-refractivity contribution in [2.75, 3.05) is 0 Å². The van der Waals surface area contributed by atoms with Crippen molar-refractivity contribution in [3.8, 4) is 0 Å². The number of aliphatic hydroxyl groups is 3. The number of hydrogen-bond acceptors (Lipinski definition) is 6. The third kappa shape index (κ3) is 14.8. The topological polar surface area (TPSA) is 96.2 Å². The molecule has 0 amide bonds. The molecule has 6 nitrogen and oxygen atoms in total. The van der Waals surface area contributed by atoms with Gasteiger partial charge in [-0.15, -0.1) is 0 Å². The van der Waals surface area contributed by atoms with Crippen LogP contribution in [0.3, 0.4) is 0 Å². The predicted molar refractivity (Wildman–Crippen MR) is 482 cm³/mol. The first-order valence-electron chi connectivity index (χ1n) is 52.9. The first-order chi connectivity index (χ1) is 56.2. The highest BCUT2D eigenvalue weighted by Crippen LogP contribution is 2.76. The summed E-state index contributed by atoms with van der Waals surface area (Å²) in [5.74, 6) is 11.7. The van der Waals surface area contributed by atoms with Crippen LogP contribution in [0.1, 0.15) is 440 Å². The highest BCUT2D eigenvalue weighted by atomic mass is 19.3. The lowest BCUT2D eigenvalue weighted by molar-refractivity contribution is -0.186. The monoisotopic (exact) mass is 1680 g/mol. The summed E-state index contributed by atoms with van der Waals surface area (Å²) >= 11 is 0. The van der Waals surface area contributed by atoms with Gasteiger partial charge < -0.3 is 24.8 Å². The van der Waals surface area contributed by atoms with E-state index in [4.69, 9.17) is 9.47 Å². The Hall–Kier alpha value is -0.810. The second-order valence-corrected chi connectivity index (χ2v) is 52.5. The van der Waals surface area contributed by atoms with E-state index in [1.807, 2.05) is 0 Å². The van der Waals surface area contributed by atoms with Crippen molar-refractivity contribution in [3.05, 3.63) is 0 Å². The molecule has 35 atom stereocenters. The Morgan fingerprint density at radius 3 is 0.892 bits per heavy atom. The number of fused-ring (bicyclic) bond motifs is 25. The minimum absolute atomic E-state index is 0.0180. The summed E-state index contributed by atoms with van der Waals surface area (Å²) in [5, 5.41) is 34.5. The second kappa shape index (κ2) is 32.9. The Labute approximate surface area is 732 Å². The highest BCUT2D eigenvalue weighted by molar-refractivity contribution is 5.79. The van der Waals surface area contributed by atoms with Gasteiger partial charge in [-0.25, -0.2) is 17.6 Å². The number of ketones is 1. The third-order valence-corrected chi connectivity index (χ3v) is 47.1. The fourth-order valence-electron chi connectivity index (χ4n) is 40.0. The first-order valence-corrected chi connectivity index (χ1v) is 52.9. The zero-order chi connectivity index (χ0) is 86.3. The van der Waals surface area contributed by atoms with E-state index in [-0.39, 0.29) is 64.6 Å². The molecule has 120 heavy (non-hydrogen) atoms. The molecular weight excluding hydrogens is 1490 g/mol. The average molecular weight is 1680 g/mol. The number of rotatable bonds is 7. The Balaban J connectivity index is 0.000000112. The summed E-state index contributed by atoms with van der Waals surface area (Å²) in [4.78, 5) is 12.0. The summed E-state index contributed by atoms with van der Waals surface area (Å²) in [5.41, 5.74) is 1.62. The Bertz CT molecular complexity index is 3570. The van der Waals surface area contributed by atoms with E-state index in [1.54, 1.807) is 0 Å². The molecule has 0 heterocycles. The van der Waals surface area contributed by atoms with Crippen LogP contribution in [0, 0.1) is 190 Å². The van der Waals surface area contributed by atoms with Gasteiger partial charge in [0.25, 0.3) is 0 Å². The minimum atomic E-state index is -2.44. The Morgan fingerprint density at radius 1 is 0.275 bits per heavy atom. The van der Waals surface area contributed by atoms with Crippen molar-refractivity contribution < 1.29 is 47.1 Å². The largest absolute Gasteiger partial charge is 0.389 e. The van der Waals surface area contributed by atoms with Gasteiger partial charge in [-0.1, -0.05) is 136 Å². The minimum Gasteiger partial charge on any atom is -0.389 e. The van der Waals surface area contributed by atoms with Gasteiger partial charge in [0.05, 0.1) is 41.2 Å². The molecule has 0 aromatic rings. The fraction of sp³-hybridized carbons (Fsp3) is 0.991. The van der Waals surface area contributed by atoms with Crippen LogP contribution in [0.2, 0.25) is 0 Å². The van der Waals surface area contributed by atoms with Crippen LogP contribution >= 0.6 is 0 Å². The molecule has 20 aliphatic carbocycles. The summed E-state index contributed by atoms with van der Waals surface area (Å²) in [6, 6.07) is 0. The molecule has 20 fully saturated rings. The molecule has 20 aliphatic rings. The standard InChI is InChI=1S/2C22H36F2O.C22H36O2.2C22H38O/c1-14(2)22(25)10-8-18-16-6-5-15-13-21(23,24)12-11-19(15,3)17(16)7-9-20(18,22)4;1-14(2)25-19-8-7-17-16-6-5-15-13-22(23,24)12-11-20(15,3)18(16)9-10-21(17,19)4;1-14(2)22(24)12-9-19-17-6-5-15-13-16(23)7-10-20(15,3)18(17)8-11-21(19,22)4;1-15(2)22(23)14-11-19-17-9-8-16-7-5-6-12-20(16,3)18(17)10-13-21(19,22)4;1-15(2)23-20-11-10-18-17-9-8-16-7-5-6-13-21(16,3)19(17)12-14-22(18,20)4/h14-18,25H,5-13H2,1-4H3;14-19H,5-13H2,1-4H3;14-15,17-19,24H,5-13H2,1-4H3;15-19,23H,5-14H2,1-4H3;15-20H,5-14H2,1-4H3/t15-,16+,17-,18-,19-,20-,22+;15-,16-,17-,18-,19-,20-,21-;15-,17+,18-,19-,20-,21-,22+;16-,17-,18+,19+,20+,21+,22-;16-,17+,18+,19+,20+,21+,22+/m00011/s1. The summed E-state index contributed by atoms with van der Waals surface area (Å²) in [6.07, 6.45) is 55.6. The number of halogens is 4. The average Bonchev–Trinajstić information content (AvgIpc) is 1.42. The van der Waals surface area contributed by atoms with Gasteiger partial charge in [-0.05, 0) is 456 Å². The lowest BCUT2D eigenvalue weighted by Crippen LogP contribution is -2.58. The molecule has 20 saturated carbocycles. The van der Waals surface area contributed by atoms with Gasteiger partial charge in [0.15, 0.2) is 0 Å². The molecule has 20 rings (SSSR count). The zero-order valence-electron chi connectivity index (χ0n) is 80.9. The number of carbonyl (C=O) groups is 1. The van der Waals surface area contributed by atoms with Gasteiger partial charge >= 0.3 is 0 Å². The Kier molecular flexibility index (Phi) is 25.3. The zero-order valence-corrected chi connectivity index (χ0v) is 80.9. The normalized spacial score (nSPS) is 53.9. The molecule has 0 unspecified atom stereocenters. The van der Waals surface area contributed by atoms with Crippen molar-refractivity contribution in [1.82, 2.24) is 0 Å². The second-order valence-electron chi connectivity index (χ2n) is 52.5. The molecule has 0 bridgehead atoms. The van der Waals surface area contributed by atoms with Crippen LogP contribution in [-0.2, 0) is 14.3 Å². The molecular formula is C110H184F4O6. The van der Waals surface area contributed by atoms with E-state index in [1.165, 1.54) is 186 Å². The number of ether oxygens (including phenoxy) is 2. The number of carbonyl (C=O) groups excluding carboxylic acids is 1. The van der Waals surface area contributed by atoms with Crippen LogP contribution in [0.15, 0.2) is 0 Å². The van der Waals surface area contributed by atoms with E-state index >= 15 is 0 Å². The predicted octanol–water partition coefficient (Wildman–Crippen LogP) is 29.5. The maximum atomic E-state index is 14.0. The van der Waals surface area contributed by atoms with Crippen LogP contribution in [0.25, 0.3) is 0 Å². The first kappa shape index (κ1) is 92.5. The van der Waals surface area contributed by atoms with E-state index in [2.05, 4.69) is 138 Å². The SMILES string of the molecule is CC(C)O[C@H]1CC[C@H]2[C@@H]3CC[C@H]4CC(F)(F)CC[C@]4(C)[C@H]3CC[C@]12C.CC(C)O[C@H]1CC[C@H]2[C@@H]3CC[C@H]4CCCC[C@]4(C)[C@H]3CC[C@]12C.CC(C)[C@]1(O)CC[C@H]2[C@@H]3CC[C@H]4CC(=O)CC[C@]4(C)[C@H]3CC[C@@]21C.CC(C)[C@]1(O)CC[C@H]2[C@@H]3CC[C@H]4CC(F)(F)CC[C@]4(C)[C@H]3CC[C@@]21C.CC(C)[C@]1(O)CC[C@H]2[C@@H]3CC[C@H]4CCCC[C@]4(C)[C@H]3CC[C@@]21C. The molecule has 0 saturated heterocycles. The molecule has 0 spiro atoms.